The Morgan fingerprint density at radius 2 is 2.05 bits per heavy atom. The molecule has 0 saturated carbocycles. The molecular weight excluding hydrogens is 250 g/mol. The van der Waals surface area contributed by atoms with Gasteiger partial charge in [0.1, 0.15) is 5.92 Å². The Bertz CT molecular complexity index is 632. The maximum absolute atomic E-state index is 12.1. The van der Waals surface area contributed by atoms with Crippen LogP contribution in [0.1, 0.15) is 22.7 Å². The summed E-state index contributed by atoms with van der Waals surface area (Å²) in [5, 5.41) is 11.9. The molecule has 1 aromatic heterocycles. The van der Waals surface area contributed by atoms with Crippen LogP contribution in [0.25, 0.3) is 0 Å². The van der Waals surface area contributed by atoms with Crippen molar-refractivity contribution in [3.8, 4) is 6.07 Å². The molecule has 0 aliphatic rings. The molecule has 1 atom stereocenters. The molecule has 0 bridgehead atoms. The van der Waals surface area contributed by atoms with Gasteiger partial charge in [-0.25, -0.2) is 0 Å². The van der Waals surface area contributed by atoms with E-state index in [0.717, 1.165) is 11.3 Å². The maximum atomic E-state index is 12.1. The van der Waals surface area contributed by atoms with Crippen molar-refractivity contribution in [2.45, 2.75) is 19.4 Å². The summed E-state index contributed by atoms with van der Waals surface area (Å²) in [6, 6.07) is 14.9. The second-order valence-electron chi connectivity index (χ2n) is 4.46. The first-order valence-corrected chi connectivity index (χ1v) is 6.35. The number of hydrogen-bond acceptors (Lipinski definition) is 3. The maximum Gasteiger partial charge on any atom is 0.242 e. The van der Waals surface area contributed by atoms with Crippen LogP contribution in [0.4, 0.5) is 0 Å². The first-order valence-electron chi connectivity index (χ1n) is 6.35. The van der Waals surface area contributed by atoms with E-state index in [4.69, 9.17) is 0 Å². The molecular formula is C16H15N3O. The van der Waals surface area contributed by atoms with E-state index in [1.165, 1.54) is 0 Å². The van der Waals surface area contributed by atoms with Crippen molar-refractivity contribution in [2.24, 2.45) is 0 Å². The zero-order valence-corrected chi connectivity index (χ0v) is 11.2. The van der Waals surface area contributed by atoms with Crippen molar-refractivity contribution < 1.29 is 4.79 Å². The van der Waals surface area contributed by atoms with Gasteiger partial charge >= 0.3 is 0 Å². The molecule has 0 fully saturated rings. The molecule has 0 saturated heterocycles. The molecule has 0 spiro atoms. The number of pyridine rings is 1. The zero-order chi connectivity index (χ0) is 14.4. The Hall–Kier alpha value is -2.67. The number of carbonyl (C=O) groups is 1. The lowest BCUT2D eigenvalue weighted by atomic mass is 10.00. The average Bonchev–Trinajstić information content (AvgIpc) is 2.48. The van der Waals surface area contributed by atoms with E-state index < -0.39 is 5.92 Å². The molecule has 1 heterocycles. The molecule has 1 aromatic carbocycles. The van der Waals surface area contributed by atoms with Gasteiger partial charge in [-0.15, -0.1) is 0 Å². The SMILES string of the molecule is Cc1cccnc1CNC(=O)C(C#N)c1ccccc1. The third-order valence-corrected chi connectivity index (χ3v) is 3.07. The van der Waals surface area contributed by atoms with Crippen LogP contribution < -0.4 is 5.32 Å². The second kappa shape index (κ2) is 6.48. The van der Waals surface area contributed by atoms with E-state index in [1.54, 1.807) is 18.3 Å². The van der Waals surface area contributed by atoms with Crippen LogP contribution in [-0.2, 0) is 11.3 Å². The number of nitriles is 1. The molecule has 4 heteroatoms. The molecule has 0 aliphatic heterocycles. The average molecular weight is 265 g/mol. The molecule has 1 N–H and O–H groups in total. The van der Waals surface area contributed by atoms with E-state index in [9.17, 15) is 10.1 Å². The Morgan fingerprint density at radius 1 is 1.30 bits per heavy atom. The molecule has 2 rings (SSSR count). The zero-order valence-electron chi connectivity index (χ0n) is 11.2. The van der Waals surface area contributed by atoms with Crippen LogP contribution in [0.2, 0.25) is 0 Å². The lowest BCUT2D eigenvalue weighted by Crippen LogP contribution is -2.28. The Labute approximate surface area is 118 Å². The largest absolute Gasteiger partial charge is 0.349 e. The predicted octanol–water partition coefficient (Wildman–Crippen LogP) is 2.31. The fraction of sp³-hybridized carbons (Fsp3) is 0.188. The summed E-state index contributed by atoms with van der Waals surface area (Å²) in [5.74, 6) is -1.09. The number of nitrogens with zero attached hydrogens (tertiary/aromatic N) is 2. The van der Waals surface area contributed by atoms with E-state index in [1.807, 2.05) is 43.3 Å². The van der Waals surface area contributed by atoms with Crippen molar-refractivity contribution >= 4 is 5.91 Å². The fourth-order valence-corrected chi connectivity index (χ4v) is 1.91. The van der Waals surface area contributed by atoms with Gasteiger partial charge in [-0.1, -0.05) is 36.4 Å². The monoisotopic (exact) mass is 265 g/mol. The number of aromatic nitrogens is 1. The standard InChI is InChI=1S/C16H15N3O/c1-12-6-5-9-18-15(12)11-19-16(20)14(10-17)13-7-3-2-4-8-13/h2-9,14H,11H2,1H3,(H,19,20). The summed E-state index contributed by atoms with van der Waals surface area (Å²) in [7, 11) is 0. The number of benzene rings is 1. The number of amides is 1. The number of hydrogen-bond donors (Lipinski definition) is 1. The quantitative estimate of drug-likeness (QED) is 0.922. The lowest BCUT2D eigenvalue weighted by molar-refractivity contribution is -0.121. The van der Waals surface area contributed by atoms with Crippen LogP contribution in [0.3, 0.4) is 0 Å². The summed E-state index contributed by atoms with van der Waals surface area (Å²) in [6.07, 6.45) is 1.69. The molecule has 1 unspecified atom stereocenters. The number of carbonyl (C=O) groups excluding carboxylic acids is 1. The molecule has 20 heavy (non-hydrogen) atoms. The number of nitrogens with one attached hydrogen (secondary N) is 1. The van der Waals surface area contributed by atoms with Crippen molar-refractivity contribution in [1.29, 1.82) is 5.26 Å². The predicted molar refractivity (Wildman–Crippen MR) is 75.6 cm³/mol. The first kappa shape index (κ1) is 13.8. The topological polar surface area (TPSA) is 65.8 Å². The van der Waals surface area contributed by atoms with Gasteiger partial charge in [-0.05, 0) is 24.1 Å². The summed E-state index contributed by atoms with van der Waals surface area (Å²) < 4.78 is 0. The molecule has 2 aromatic rings. The number of rotatable bonds is 4. The molecule has 100 valence electrons. The van der Waals surface area contributed by atoms with E-state index in [0.29, 0.717) is 12.1 Å². The second-order valence-corrected chi connectivity index (χ2v) is 4.46. The first-order chi connectivity index (χ1) is 9.72. The van der Waals surface area contributed by atoms with Gasteiger partial charge in [-0.2, -0.15) is 5.26 Å². The smallest absolute Gasteiger partial charge is 0.242 e. The molecule has 0 aliphatic carbocycles. The summed E-state index contributed by atoms with van der Waals surface area (Å²) in [4.78, 5) is 16.3. The summed E-state index contributed by atoms with van der Waals surface area (Å²) in [6.45, 7) is 2.27. The highest BCUT2D eigenvalue weighted by Crippen LogP contribution is 2.14. The van der Waals surface area contributed by atoms with Crippen LogP contribution in [0, 0.1) is 18.3 Å². The summed E-state index contributed by atoms with van der Waals surface area (Å²) in [5.41, 5.74) is 2.52. The third kappa shape index (κ3) is 3.21. The highest BCUT2D eigenvalue weighted by Gasteiger charge is 2.19. The van der Waals surface area contributed by atoms with Crippen LogP contribution in [-0.4, -0.2) is 10.9 Å². The minimum atomic E-state index is -0.791. The van der Waals surface area contributed by atoms with Gasteiger partial charge < -0.3 is 5.32 Å². The van der Waals surface area contributed by atoms with Crippen LogP contribution in [0.15, 0.2) is 48.7 Å². The normalized spacial score (nSPS) is 11.4. The summed E-state index contributed by atoms with van der Waals surface area (Å²) >= 11 is 0. The van der Waals surface area contributed by atoms with Crippen molar-refractivity contribution in [2.75, 3.05) is 0 Å². The van der Waals surface area contributed by atoms with Gasteiger partial charge in [0, 0.05) is 6.20 Å². The van der Waals surface area contributed by atoms with E-state index in [-0.39, 0.29) is 5.91 Å². The van der Waals surface area contributed by atoms with Crippen molar-refractivity contribution in [3.05, 3.63) is 65.5 Å². The Balaban J connectivity index is 2.05. The Kier molecular flexibility index (Phi) is 4.46. The minimum absolute atomic E-state index is 0.302. The lowest BCUT2D eigenvalue weighted by Gasteiger charge is -2.11. The fourth-order valence-electron chi connectivity index (χ4n) is 1.91. The highest BCUT2D eigenvalue weighted by atomic mass is 16.1. The van der Waals surface area contributed by atoms with Gasteiger partial charge in [0.05, 0.1) is 18.3 Å². The molecule has 0 radical (unpaired) electrons. The van der Waals surface area contributed by atoms with E-state index in [2.05, 4.69) is 10.3 Å². The van der Waals surface area contributed by atoms with Gasteiger partial charge in [0.25, 0.3) is 0 Å². The van der Waals surface area contributed by atoms with Crippen LogP contribution >= 0.6 is 0 Å². The Morgan fingerprint density at radius 3 is 2.70 bits per heavy atom. The van der Waals surface area contributed by atoms with Gasteiger partial charge in [0.15, 0.2) is 0 Å². The van der Waals surface area contributed by atoms with Gasteiger partial charge in [0.2, 0.25) is 5.91 Å². The minimum Gasteiger partial charge on any atom is -0.349 e. The molecule has 1 amide bonds. The van der Waals surface area contributed by atoms with Crippen LogP contribution in [0.5, 0.6) is 0 Å². The third-order valence-electron chi connectivity index (χ3n) is 3.07. The number of aryl methyl sites for hydroxylation is 1. The van der Waals surface area contributed by atoms with Crippen molar-refractivity contribution in [1.82, 2.24) is 10.3 Å². The van der Waals surface area contributed by atoms with Gasteiger partial charge in [-0.3, -0.25) is 9.78 Å². The molecule has 4 nitrogen and oxygen atoms in total. The van der Waals surface area contributed by atoms with E-state index >= 15 is 0 Å². The highest BCUT2D eigenvalue weighted by molar-refractivity contribution is 5.86. The van der Waals surface area contributed by atoms with Crippen molar-refractivity contribution in [3.63, 3.8) is 0 Å².